The van der Waals surface area contributed by atoms with Crippen LogP contribution in [0.4, 0.5) is 0 Å². The summed E-state index contributed by atoms with van der Waals surface area (Å²) < 4.78 is 0. The number of fused-ring (bicyclic) bond motifs is 1. The van der Waals surface area contributed by atoms with Gasteiger partial charge in [-0.15, -0.1) is 24.8 Å². The molecule has 1 unspecified atom stereocenters. The minimum Gasteiger partial charge on any atom is -0.481 e. The van der Waals surface area contributed by atoms with Gasteiger partial charge in [-0.3, -0.25) is 14.6 Å². The summed E-state index contributed by atoms with van der Waals surface area (Å²) in [6.45, 7) is 0.778. The Morgan fingerprint density at radius 1 is 1.21 bits per heavy atom. The number of benzene rings is 1. The molecule has 24 heavy (non-hydrogen) atoms. The molecule has 1 amide bonds. The number of halogens is 2. The summed E-state index contributed by atoms with van der Waals surface area (Å²) in [4.78, 5) is 29.0. The minimum atomic E-state index is -0.836. The van der Waals surface area contributed by atoms with Crippen LogP contribution < -0.4 is 0 Å². The van der Waals surface area contributed by atoms with E-state index in [2.05, 4.69) is 4.98 Å². The average molecular weight is 369 g/mol. The number of para-hydroxylation sites is 1. The van der Waals surface area contributed by atoms with Crippen molar-refractivity contribution in [1.29, 1.82) is 0 Å². The number of carbonyl (C=O) groups is 2. The number of likely N-dealkylation sites (tertiary alicyclic amines) is 1. The van der Waals surface area contributed by atoms with E-state index in [9.17, 15) is 9.59 Å². The van der Waals surface area contributed by atoms with Crippen LogP contribution in [0.2, 0.25) is 0 Å². The fourth-order valence-corrected chi connectivity index (χ4v) is 2.69. The van der Waals surface area contributed by atoms with Gasteiger partial charge in [0.1, 0.15) is 0 Å². The quantitative estimate of drug-likeness (QED) is 0.845. The Labute approximate surface area is 152 Å². The Bertz CT molecular complexity index is 759. The maximum absolute atomic E-state index is 12.1. The second-order valence-electron chi connectivity index (χ2n) is 5.36. The van der Waals surface area contributed by atoms with Crippen LogP contribution in [0.15, 0.2) is 42.6 Å². The maximum atomic E-state index is 12.1. The van der Waals surface area contributed by atoms with Crippen molar-refractivity contribution in [2.75, 3.05) is 13.1 Å². The molecule has 128 valence electrons. The lowest BCUT2D eigenvalue weighted by atomic mass is 10.1. The molecule has 7 heteroatoms. The lowest BCUT2D eigenvalue weighted by Gasteiger charge is -2.12. The Balaban J connectivity index is 0.00000144. The number of nitrogens with zero attached hydrogens (tertiary/aromatic N) is 2. The fraction of sp³-hybridized carbons (Fsp3) is 0.235. The largest absolute Gasteiger partial charge is 0.481 e. The predicted octanol–water partition coefficient (Wildman–Crippen LogP) is 3.02. The predicted molar refractivity (Wildman–Crippen MR) is 97.6 cm³/mol. The molecule has 1 aliphatic rings. The van der Waals surface area contributed by atoms with Crippen molar-refractivity contribution in [3.8, 4) is 0 Å². The normalized spacial score (nSPS) is 16.7. The summed E-state index contributed by atoms with van der Waals surface area (Å²) in [6.07, 6.45) is 5.48. The van der Waals surface area contributed by atoms with Crippen LogP contribution in [0.3, 0.4) is 0 Å². The number of aliphatic carboxylic acids is 1. The number of amides is 1. The third-order valence-corrected chi connectivity index (χ3v) is 3.92. The molecule has 1 aromatic carbocycles. The van der Waals surface area contributed by atoms with Gasteiger partial charge in [-0.25, -0.2) is 0 Å². The fourth-order valence-electron chi connectivity index (χ4n) is 2.69. The highest BCUT2D eigenvalue weighted by Crippen LogP contribution is 2.19. The number of hydrogen-bond donors (Lipinski definition) is 1. The maximum Gasteiger partial charge on any atom is 0.308 e. The van der Waals surface area contributed by atoms with Crippen molar-refractivity contribution in [2.24, 2.45) is 5.92 Å². The molecule has 0 bridgehead atoms. The first-order chi connectivity index (χ1) is 10.6. The van der Waals surface area contributed by atoms with Crippen LogP contribution in [0.25, 0.3) is 17.0 Å². The summed E-state index contributed by atoms with van der Waals surface area (Å²) in [6, 6.07) is 9.64. The molecule has 0 radical (unpaired) electrons. The summed E-state index contributed by atoms with van der Waals surface area (Å²) in [5, 5.41) is 9.99. The molecule has 2 aromatic rings. The third-order valence-electron chi connectivity index (χ3n) is 3.92. The summed E-state index contributed by atoms with van der Waals surface area (Å²) >= 11 is 0. The highest BCUT2D eigenvalue weighted by atomic mass is 35.5. The first kappa shape index (κ1) is 19.9. The zero-order valence-electron chi connectivity index (χ0n) is 12.8. The molecular weight excluding hydrogens is 351 g/mol. The van der Waals surface area contributed by atoms with E-state index in [1.165, 1.54) is 6.08 Å². The van der Waals surface area contributed by atoms with Gasteiger partial charge >= 0.3 is 5.97 Å². The smallest absolute Gasteiger partial charge is 0.308 e. The summed E-state index contributed by atoms with van der Waals surface area (Å²) in [7, 11) is 0. The van der Waals surface area contributed by atoms with Crippen LogP contribution in [0.1, 0.15) is 12.0 Å². The highest BCUT2D eigenvalue weighted by molar-refractivity contribution is 5.95. The number of aromatic nitrogens is 1. The van der Waals surface area contributed by atoms with E-state index in [0.717, 1.165) is 16.5 Å². The molecule has 3 rings (SSSR count). The molecular formula is C17H18Cl2N2O3. The van der Waals surface area contributed by atoms with E-state index < -0.39 is 11.9 Å². The van der Waals surface area contributed by atoms with Gasteiger partial charge in [0.05, 0.1) is 11.4 Å². The van der Waals surface area contributed by atoms with Gasteiger partial charge in [-0.05, 0) is 18.6 Å². The van der Waals surface area contributed by atoms with Gasteiger partial charge in [0, 0.05) is 36.3 Å². The number of carboxylic acids is 1. The topological polar surface area (TPSA) is 70.5 Å². The van der Waals surface area contributed by atoms with Crippen LogP contribution >= 0.6 is 24.8 Å². The zero-order chi connectivity index (χ0) is 15.5. The second-order valence-corrected chi connectivity index (χ2v) is 5.36. The number of carboxylic acid groups (broad SMARTS) is 1. The van der Waals surface area contributed by atoms with Gasteiger partial charge in [-0.2, -0.15) is 0 Å². The van der Waals surface area contributed by atoms with Crippen LogP contribution in [0, 0.1) is 5.92 Å². The number of carbonyl (C=O) groups excluding carboxylic acids is 1. The van der Waals surface area contributed by atoms with Crippen LogP contribution in [-0.4, -0.2) is 40.0 Å². The summed E-state index contributed by atoms with van der Waals surface area (Å²) in [5.41, 5.74) is 1.72. The summed E-state index contributed by atoms with van der Waals surface area (Å²) in [5.74, 6) is -1.44. The van der Waals surface area contributed by atoms with Crippen LogP contribution in [-0.2, 0) is 9.59 Å². The molecule has 0 spiro atoms. The van der Waals surface area contributed by atoms with Crippen molar-refractivity contribution in [1.82, 2.24) is 9.88 Å². The van der Waals surface area contributed by atoms with E-state index in [1.807, 2.05) is 30.3 Å². The molecule has 1 atom stereocenters. The van der Waals surface area contributed by atoms with E-state index in [4.69, 9.17) is 5.11 Å². The molecule has 1 aromatic heterocycles. The Morgan fingerprint density at radius 2 is 1.96 bits per heavy atom. The van der Waals surface area contributed by atoms with Crippen molar-refractivity contribution in [3.05, 3.63) is 48.2 Å². The van der Waals surface area contributed by atoms with Gasteiger partial charge in [0.25, 0.3) is 0 Å². The molecule has 1 saturated heterocycles. The van der Waals surface area contributed by atoms with Gasteiger partial charge < -0.3 is 10.0 Å². The van der Waals surface area contributed by atoms with Gasteiger partial charge in [0.2, 0.25) is 5.91 Å². The number of pyridine rings is 1. The first-order valence-corrected chi connectivity index (χ1v) is 7.18. The number of rotatable bonds is 3. The van der Waals surface area contributed by atoms with Crippen molar-refractivity contribution >= 4 is 53.7 Å². The highest BCUT2D eigenvalue weighted by Gasteiger charge is 2.29. The van der Waals surface area contributed by atoms with Crippen molar-refractivity contribution in [3.63, 3.8) is 0 Å². The second kappa shape index (κ2) is 8.66. The third kappa shape index (κ3) is 4.24. The Hall–Kier alpha value is -2.11. The minimum absolute atomic E-state index is 0. The lowest BCUT2D eigenvalue weighted by Crippen LogP contribution is -2.28. The molecule has 1 N–H and O–H groups in total. The SMILES string of the molecule is Cl.Cl.O=C(O)C1CCN(C(=O)C=Cc2cccc3cccnc23)C1. The molecule has 1 aliphatic heterocycles. The van der Waals surface area contributed by atoms with E-state index in [-0.39, 0.29) is 37.3 Å². The molecule has 0 saturated carbocycles. The van der Waals surface area contributed by atoms with Gasteiger partial charge in [-0.1, -0.05) is 24.3 Å². The van der Waals surface area contributed by atoms with Crippen molar-refractivity contribution in [2.45, 2.75) is 6.42 Å². The van der Waals surface area contributed by atoms with Crippen molar-refractivity contribution < 1.29 is 14.7 Å². The zero-order valence-corrected chi connectivity index (χ0v) is 14.4. The lowest BCUT2D eigenvalue weighted by molar-refractivity contribution is -0.141. The number of hydrogen-bond acceptors (Lipinski definition) is 3. The Morgan fingerprint density at radius 3 is 2.67 bits per heavy atom. The Kier molecular flexibility index (Phi) is 7.19. The monoisotopic (exact) mass is 368 g/mol. The van der Waals surface area contributed by atoms with Gasteiger partial charge in [0.15, 0.2) is 0 Å². The molecule has 1 fully saturated rings. The first-order valence-electron chi connectivity index (χ1n) is 7.18. The van der Waals surface area contributed by atoms with Crippen LogP contribution in [0.5, 0.6) is 0 Å². The van der Waals surface area contributed by atoms with E-state index in [1.54, 1.807) is 17.2 Å². The molecule has 5 nitrogen and oxygen atoms in total. The average Bonchev–Trinajstić information content (AvgIpc) is 3.03. The van der Waals surface area contributed by atoms with E-state index >= 15 is 0 Å². The van der Waals surface area contributed by atoms with E-state index in [0.29, 0.717) is 13.0 Å². The molecule has 2 heterocycles. The molecule has 0 aliphatic carbocycles. The standard InChI is InChI=1S/C17H16N2O3.2ClH/c20-15(19-10-8-14(11-19)17(21)22)7-6-13-4-1-3-12-5-2-9-18-16(12)13;;/h1-7,9,14H,8,10-11H2,(H,21,22);2*1H.